The molecule has 0 spiro atoms. The molecule has 0 saturated heterocycles. The van der Waals surface area contributed by atoms with E-state index in [0.29, 0.717) is 5.75 Å². The molecule has 4 rings (SSSR count). The zero-order valence-electron chi connectivity index (χ0n) is 13.6. The molecule has 0 bridgehead atoms. The summed E-state index contributed by atoms with van der Waals surface area (Å²) in [6.07, 6.45) is 3.99. The fourth-order valence-corrected chi connectivity index (χ4v) is 4.61. The predicted octanol–water partition coefficient (Wildman–Crippen LogP) is 3.55. The van der Waals surface area contributed by atoms with Crippen LogP contribution in [0, 0.1) is 13.8 Å². The van der Waals surface area contributed by atoms with Gasteiger partial charge in [0.1, 0.15) is 10.5 Å². The first-order valence-electron chi connectivity index (χ1n) is 7.56. The van der Waals surface area contributed by atoms with Crippen LogP contribution in [0.1, 0.15) is 16.1 Å². The van der Waals surface area contributed by atoms with Crippen molar-refractivity contribution >= 4 is 39.0 Å². The maximum atomic E-state index is 12.6. The number of thioether (sulfide) groups is 1. The van der Waals surface area contributed by atoms with E-state index in [1.54, 1.807) is 34.7 Å². The molecule has 122 valence electrons. The van der Waals surface area contributed by atoms with E-state index in [2.05, 4.69) is 4.98 Å². The third-order valence-corrected chi connectivity index (χ3v) is 6.30. The van der Waals surface area contributed by atoms with Crippen molar-refractivity contribution in [2.45, 2.75) is 24.8 Å². The van der Waals surface area contributed by atoms with E-state index in [-0.39, 0.29) is 5.56 Å². The molecule has 0 aliphatic heterocycles. The molecule has 0 aliphatic carbocycles. The first-order valence-corrected chi connectivity index (χ1v) is 9.37. The third kappa shape index (κ3) is 2.44. The van der Waals surface area contributed by atoms with Crippen molar-refractivity contribution in [3.8, 4) is 0 Å². The average molecular weight is 356 g/mol. The van der Waals surface area contributed by atoms with Crippen molar-refractivity contribution in [1.29, 1.82) is 0 Å². The number of aryl methyl sites for hydroxylation is 2. The number of rotatable bonds is 3. The normalized spacial score (nSPS) is 11.6. The number of thiophene rings is 1. The SMILES string of the molecule is Cc1sc2nc(SCc3cn4ccccc4n3)n(C)c(=O)c2c1C. The number of hydrogen-bond donors (Lipinski definition) is 0. The van der Waals surface area contributed by atoms with Gasteiger partial charge >= 0.3 is 0 Å². The lowest BCUT2D eigenvalue weighted by atomic mass is 10.2. The van der Waals surface area contributed by atoms with Crippen LogP contribution >= 0.6 is 23.1 Å². The fourth-order valence-electron chi connectivity index (χ4n) is 2.68. The number of imidazole rings is 1. The van der Waals surface area contributed by atoms with Gasteiger partial charge in [0.25, 0.3) is 5.56 Å². The second kappa shape index (κ2) is 5.75. The van der Waals surface area contributed by atoms with Gasteiger partial charge in [0.2, 0.25) is 0 Å². The highest BCUT2D eigenvalue weighted by Crippen LogP contribution is 2.28. The van der Waals surface area contributed by atoms with Gasteiger partial charge in [-0.3, -0.25) is 9.36 Å². The summed E-state index contributed by atoms with van der Waals surface area (Å²) in [6.45, 7) is 4.02. The third-order valence-electron chi connectivity index (χ3n) is 4.13. The molecule has 0 unspecified atom stereocenters. The highest BCUT2D eigenvalue weighted by atomic mass is 32.2. The minimum absolute atomic E-state index is 0.0272. The molecule has 4 aromatic rings. The first kappa shape index (κ1) is 15.4. The summed E-state index contributed by atoms with van der Waals surface area (Å²) in [5, 5.41) is 1.47. The summed E-state index contributed by atoms with van der Waals surface area (Å²) in [4.78, 5) is 23.9. The molecule has 0 aliphatic rings. The zero-order chi connectivity index (χ0) is 16.8. The van der Waals surface area contributed by atoms with E-state index in [4.69, 9.17) is 4.98 Å². The van der Waals surface area contributed by atoms with Crippen LogP contribution in [-0.4, -0.2) is 18.9 Å². The van der Waals surface area contributed by atoms with Gasteiger partial charge in [-0.25, -0.2) is 9.97 Å². The smallest absolute Gasteiger partial charge is 0.262 e. The Bertz CT molecular complexity index is 1090. The van der Waals surface area contributed by atoms with E-state index in [0.717, 1.165) is 37.2 Å². The summed E-state index contributed by atoms with van der Waals surface area (Å²) in [5.41, 5.74) is 2.97. The number of pyridine rings is 1. The van der Waals surface area contributed by atoms with Gasteiger partial charge in [-0.1, -0.05) is 17.8 Å². The van der Waals surface area contributed by atoms with Crippen molar-refractivity contribution in [3.63, 3.8) is 0 Å². The van der Waals surface area contributed by atoms with Crippen molar-refractivity contribution < 1.29 is 0 Å². The molecule has 0 atom stereocenters. The van der Waals surface area contributed by atoms with E-state index < -0.39 is 0 Å². The van der Waals surface area contributed by atoms with Crippen LogP contribution < -0.4 is 5.56 Å². The molecular formula is C17H16N4OS2. The molecule has 4 heterocycles. The fraction of sp³-hybridized carbons (Fsp3) is 0.235. The largest absolute Gasteiger partial charge is 0.307 e. The van der Waals surface area contributed by atoms with Gasteiger partial charge in [-0.05, 0) is 31.5 Å². The molecule has 4 aromatic heterocycles. The highest BCUT2D eigenvalue weighted by Gasteiger charge is 2.15. The number of fused-ring (bicyclic) bond motifs is 2. The minimum atomic E-state index is 0.0272. The molecule has 24 heavy (non-hydrogen) atoms. The molecule has 0 radical (unpaired) electrons. The zero-order valence-corrected chi connectivity index (χ0v) is 15.2. The Kier molecular flexibility index (Phi) is 3.69. The van der Waals surface area contributed by atoms with E-state index in [1.807, 2.05) is 48.8 Å². The predicted molar refractivity (Wildman–Crippen MR) is 99.1 cm³/mol. The Labute approximate surface area is 147 Å². The molecule has 0 fully saturated rings. The first-order chi connectivity index (χ1) is 11.5. The quantitative estimate of drug-likeness (QED) is 0.416. The van der Waals surface area contributed by atoms with Gasteiger partial charge in [0, 0.05) is 30.1 Å². The standard InChI is InChI=1S/C17H16N4OS2/c1-10-11(2)24-15-14(10)16(22)20(3)17(19-15)23-9-12-8-21-7-5-4-6-13(21)18-12/h4-8H,9H2,1-3H3. The highest BCUT2D eigenvalue weighted by molar-refractivity contribution is 7.98. The van der Waals surface area contributed by atoms with Gasteiger partial charge in [0.15, 0.2) is 5.16 Å². The number of aromatic nitrogens is 4. The molecular weight excluding hydrogens is 340 g/mol. The lowest BCUT2D eigenvalue weighted by molar-refractivity contribution is 0.727. The molecule has 7 heteroatoms. The maximum absolute atomic E-state index is 12.6. The second-order valence-corrected chi connectivity index (χ2v) is 7.85. The van der Waals surface area contributed by atoms with Crippen LogP contribution in [0.4, 0.5) is 0 Å². The van der Waals surface area contributed by atoms with E-state index in [9.17, 15) is 4.79 Å². The Balaban J connectivity index is 1.69. The Morgan fingerprint density at radius 2 is 2.08 bits per heavy atom. The van der Waals surface area contributed by atoms with Crippen LogP contribution in [0.25, 0.3) is 15.9 Å². The summed E-state index contributed by atoms with van der Waals surface area (Å²) in [7, 11) is 1.78. The topological polar surface area (TPSA) is 52.2 Å². The lowest BCUT2D eigenvalue weighted by Crippen LogP contribution is -2.19. The number of hydrogen-bond acceptors (Lipinski definition) is 5. The van der Waals surface area contributed by atoms with Crippen molar-refractivity contribution in [3.05, 3.63) is 57.1 Å². The van der Waals surface area contributed by atoms with Crippen LogP contribution in [0.5, 0.6) is 0 Å². The summed E-state index contributed by atoms with van der Waals surface area (Å²) >= 11 is 3.13. The van der Waals surface area contributed by atoms with Gasteiger partial charge in [-0.2, -0.15) is 0 Å². The minimum Gasteiger partial charge on any atom is -0.307 e. The van der Waals surface area contributed by atoms with E-state index in [1.165, 1.54) is 0 Å². The van der Waals surface area contributed by atoms with Crippen LogP contribution in [0.2, 0.25) is 0 Å². The van der Waals surface area contributed by atoms with Crippen LogP contribution in [0.3, 0.4) is 0 Å². The van der Waals surface area contributed by atoms with Crippen LogP contribution in [-0.2, 0) is 12.8 Å². The lowest BCUT2D eigenvalue weighted by Gasteiger charge is -2.06. The molecule has 5 nitrogen and oxygen atoms in total. The summed E-state index contributed by atoms with van der Waals surface area (Å²) in [5.74, 6) is 0.677. The summed E-state index contributed by atoms with van der Waals surface area (Å²) in [6, 6.07) is 5.93. The van der Waals surface area contributed by atoms with E-state index >= 15 is 0 Å². The molecule has 0 amide bonds. The Hall–Kier alpha value is -2.12. The molecule has 0 aromatic carbocycles. The van der Waals surface area contributed by atoms with Crippen molar-refractivity contribution in [1.82, 2.24) is 18.9 Å². The second-order valence-electron chi connectivity index (χ2n) is 5.71. The Morgan fingerprint density at radius 1 is 1.25 bits per heavy atom. The van der Waals surface area contributed by atoms with Gasteiger partial charge < -0.3 is 4.40 Å². The average Bonchev–Trinajstić information content (AvgIpc) is 3.10. The van der Waals surface area contributed by atoms with Gasteiger partial charge in [0.05, 0.1) is 11.1 Å². The monoisotopic (exact) mass is 356 g/mol. The number of nitrogens with zero attached hydrogens (tertiary/aromatic N) is 4. The maximum Gasteiger partial charge on any atom is 0.262 e. The van der Waals surface area contributed by atoms with Crippen molar-refractivity contribution in [2.75, 3.05) is 0 Å². The summed E-state index contributed by atoms with van der Waals surface area (Å²) < 4.78 is 3.64. The Morgan fingerprint density at radius 3 is 2.88 bits per heavy atom. The molecule has 0 saturated carbocycles. The van der Waals surface area contributed by atoms with Gasteiger partial charge in [-0.15, -0.1) is 11.3 Å². The van der Waals surface area contributed by atoms with Crippen LogP contribution in [0.15, 0.2) is 40.5 Å². The van der Waals surface area contributed by atoms with Crippen molar-refractivity contribution in [2.24, 2.45) is 7.05 Å². The molecule has 0 N–H and O–H groups in total.